The lowest BCUT2D eigenvalue weighted by Crippen LogP contribution is -2.35. The van der Waals surface area contributed by atoms with E-state index in [0.717, 1.165) is 51.5 Å². The summed E-state index contributed by atoms with van der Waals surface area (Å²) in [6, 6.07) is 0. The highest BCUT2D eigenvalue weighted by atomic mass is 16.1. The lowest BCUT2D eigenvalue weighted by molar-refractivity contribution is -0.120. The molecule has 0 aliphatic heterocycles. The number of nitrogens with one attached hydrogen (secondary N) is 1. The number of Topliss-reactive ketones (excluding diaryl/α,β-unsaturated/α-hetero) is 1. The average Bonchev–Trinajstić information content (AvgIpc) is 2.59. The molecule has 1 atom stereocenters. The number of allylic oxidation sites excluding steroid dienone is 2. The van der Waals surface area contributed by atoms with Crippen molar-refractivity contribution in [3.05, 3.63) is 24.4 Å². The van der Waals surface area contributed by atoms with Gasteiger partial charge in [-0.3, -0.25) is 4.79 Å². The molecule has 0 amide bonds. The molecule has 0 fully saturated rings. The van der Waals surface area contributed by atoms with Gasteiger partial charge in [-0.05, 0) is 38.5 Å². The summed E-state index contributed by atoms with van der Waals surface area (Å²) >= 11 is 0. The van der Waals surface area contributed by atoms with E-state index < -0.39 is 0 Å². The molecule has 1 N–H and O–H groups in total. The standard InChI is InChI=1S/C22H42N2O/c1-6-9-11-12-13-16-22(25)17-21(14-8-3)19-24(23-5)18-20(4)15-10-7-2/h7,18,21,23H,2,6,8-17,19H2,1,3-5H3/b20-18+. The molecule has 0 heterocycles. The number of hydrogen-bond acceptors (Lipinski definition) is 3. The predicted molar refractivity (Wildman–Crippen MR) is 110 cm³/mol. The largest absolute Gasteiger partial charge is 0.316 e. The zero-order chi connectivity index (χ0) is 18.9. The molecule has 0 spiro atoms. The van der Waals surface area contributed by atoms with Crippen LogP contribution in [0, 0.1) is 5.92 Å². The minimum absolute atomic E-state index is 0.434. The van der Waals surface area contributed by atoms with E-state index in [1.165, 1.54) is 31.3 Å². The summed E-state index contributed by atoms with van der Waals surface area (Å²) in [6.45, 7) is 11.3. The Kier molecular flexibility index (Phi) is 15.7. The molecule has 1 unspecified atom stereocenters. The Bertz CT molecular complexity index is 376. The number of rotatable bonds is 17. The van der Waals surface area contributed by atoms with Gasteiger partial charge in [-0.1, -0.05) is 57.6 Å². The van der Waals surface area contributed by atoms with Gasteiger partial charge < -0.3 is 5.01 Å². The Morgan fingerprint density at radius 1 is 1.12 bits per heavy atom. The van der Waals surface area contributed by atoms with Crippen molar-refractivity contribution in [3.63, 3.8) is 0 Å². The highest BCUT2D eigenvalue weighted by molar-refractivity contribution is 5.78. The van der Waals surface area contributed by atoms with Crippen molar-refractivity contribution in [2.45, 2.75) is 91.4 Å². The van der Waals surface area contributed by atoms with Gasteiger partial charge in [0.1, 0.15) is 5.78 Å². The lowest BCUT2D eigenvalue weighted by atomic mass is 9.94. The zero-order valence-corrected chi connectivity index (χ0v) is 17.3. The van der Waals surface area contributed by atoms with Crippen molar-refractivity contribution in [2.75, 3.05) is 13.6 Å². The smallest absolute Gasteiger partial charge is 0.133 e. The first-order valence-electron chi connectivity index (χ1n) is 10.3. The highest BCUT2D eigenvalue weighted by Gasteiger charge is 2.15. The highest BCUT2D eigenvalue weighted by Crippen LogP contribution is 2.17. The summed E-state index contributed by atoms with van der Waals surface area (Å²) in [5.41, 5.74) is 4.60. The quantitative estimate of drug-likeness (QED) is 0.197. The first-order valence-corrected chi connectivity index (χ1v) is 10.3. The predicted octanol–water partition coefficient (Wildman–Crippen LogP) is 6.03. The number of nitrogens with zero attached hydrogens (tertiary/aromatic N) is 1. The molecule has 0 aromatic carbocycles. The molecule has 3 heteroatoms. The molecule has 0 aromatic heterocycles. The third-order valence-electron chi connectivity index (χ3n) is 4.63. The Balaban J connectivity index is 4.40. The van der Waals surface area contributed by atoms with Crippen molar-refractivity contribution in [1.29, 1.82) is 0 Å². The zero-order valence-electron chi connectivity index (χ0n) is 17.3. The lowest BCUT2D eigenvalue weighted by Gasteiger charge is -2.26. The Labute approximate surface area is 156 Å². The van der Waals surface area contributed by atoms with E-state index in [1.54, 1.807) is 0 Å². The molecule has 25 heavy (non-hydrogen) atoms. The number of hydrogen-bond donors (Lipinski definition) is 1. The minimum Gasteiger partial charge on any atom is -0.316 e. The van der Waals surface area contributed by atoms with Crippen molar-refractivity contribution >= 4 is 5.78 Å². The maximum Gasteiger partial charge on any atom is 0.133 e. The fraction of sp³-hybridized carbons (Fsp3) is 0.773. The van der Waals surface area contributed by atoms with E-state index >= 15 is 0 Å². The summed E-state index contributed by atoms with van der Waals surface area (Å²) in [5.74, 6) is 0.877. The van der Waals surface area contributed by atoms with Crippen LogP contribution in [0.1, 0.15) is 91.4 Å². The molecule has 3 nitrogen and oxygen atoms in total. The van der Waals surface area contributed by atoms with Crippen LogP contribution in [0.25, 0.3) is 0 Å². The van der Waals surface area contributed by atoms with Gasteiger partial charge in [0, 0.05) is 32.6 Å². The van der Waals surface area contributed by atoms with Gasteiger partial charge >= 0.3 is 0 Å². The fourth-order valence-corrected chi connectivity index (χ4v) is 3.16. The second-order valence-electron chi connectivity index (χ2n) is 7.24. The Morgan fingerprint density at radius 2 is 1.84 bits per heavy atom. The number of unbranched alkanes of at least 4 members (excludes halogenated alkanes) is 4. The topological polar surface area (TPSA) is 32.3 Å². The van der Waals surface area contributed by atoms with E-state index in [9.17, 15) is 4.79 Å². The van der Waals surface area contributed by atoms with Crippen LogP contribution in [0.4, 0.5) is 0 Å². The van der Waals surface area contributed by atoms with E-state index in [-0.39, 0.29) is 0 Å². The van der Waals surface area contributed by atoms with Gasteiger partial charge in [0.15, 0.2) is 0 Å². The summed E-state index contributed by atoms with van der Waals surface area (Å²) in [5, 5.41) is 2.15. The van der Waals surface area contributed by atoms with Crippen LogP contribution in [0.3, 0.4) is 0 Å². The molecule has 0 aliphatic carbocycles. The third-order valence-corrected chi connectivity index (χ3v) is 4.63. The van der Waals surface area contributed by atoms with Crippen LogP contribution in [-0.2, 0) is 4.79 Å². The van der Waals surface area contributed by atoms with Gasteiger partial charge in [-0.25, -0.2) is 5.43 Å². The van der Waals surface area contributed by atoms with E-state index in [2.05, 4.69) is 44.0 Å². The number of carbonyl (C=O) groups excluding carboxylic acids is 1. The third kappa shape index (κ3) is 13.8. The number of ketones is 1. The van der Waals surface area contributed by atoms with Crippen molar-refractivity contribution < 1.29 is 4.79 Å². The van der Waals surface area contributed by atoms with Crippen LogP contribution in [0.5, 0.6) is 0 Å². The first-order chi connectivity index (χ1) is 12.1. The van der Waals surface area contributed by atoms with Crippen LogP contribution in [-0.4, -0.2) is 24.4 Å². The summed E-state index contributed by atoms with van der Waals surface area (Å²) in [4.78, 5) is 12.3. The van der Waals surface area contributed by atoms with E-state index in [0.29, 0.717) is 11.7 Å². The summed E-state index contributed by atoms with van der Waals surface area (Å²) in [7, 11) is 1.95. The molecule has 0 aliphatic rings. The number of carbonyl (C=O) groups is 1. The molecule has 0 saturated heterocycles. The maximum absolute atomic E-state index is 12.3. The second kappa shape index (κ2) is 16.4. The minimum atomic E-state index is 0.434. The molecule has 0 rings (SSSR count). The molecule has 0 bridgehead atoms. The van der Waals surface area contributed by atoms with E-state index in [4.69, 9.17) is 0 Å². The fourth-order valence-electron chi connectivity index (χ4n) is 3.16. The van der Waals surface area contributed by atoms with Crippen molar-refractivity contribution in [1.82, 2.24) is 10.4 Å². The SMILES string of the molecule is C=CCC/C(C)=C/N(CC(CCC)CC(=O)CCCCCCC)NC. The monoisotopic (exact) mass is 350 g/mol. The summed E-state index contributed by atoms with van der Waals surface area (Å²) in [6.07, 6.45) is 16.0. The van der Waals surface area contributed by atoms with Crippen molar-refractivity contribution in [3.8, 4) is 0 Å². The first kappa shape index (κ1) is 23.9. The normalized spacial score (nSPS) is 12.9. The Hall–Kier alpha value is -1.09. The summed E-state index contributed by atoms with van der Waals surface area (Å²) < 4.78 is 0. The van der Waals surface area contributed by atoms with Gasteiger partial charge in [0.2, 0.25) is 0 Å². The second-order valence-corrected chi connectivity index (χ2v) is 7.24. The molecule has 0 radical (unpaired) electrons. The van der Waals surface area contributed by atoms with E-state index in [1.807, 2.05) is 13.1 Å². The maximum atomic E-state index is 12.3. The molecule has 146 valence electrons. The van der Waals surface area contributed by atoms with Crippen LogP contribution in [0.2, 0.25) is 0 Å². The van der Waals surface area contributed by atoms with Crippen molar-refractivity contribution in [2.24, 2.45) is 5.92 Å². The average molecular weight is 351 g/mol. The van der Waals surface area contributed by atoms with Crippen LogP contribution < -0.4 is 5.43 Å². The molecular formula is C22H42N2O. The Morgan fingerprint density at radius 3 is 2.44 bits per heavy atom. The molecule has 0 aromatic rings. The van der Waals surface area contributed by atoms with Crippen LogP contribution >= 0.6 is 0 Å². The van der Waals surface area contributed by atoms with Gasteiger partial charge in [-0.15, -0.1) is 6.58 Å². The molecule has 0 saturated carbocycles. The van der Waals surface area contributed by atoms with Gasteiger partial charge in [0.25, 0.3) is 0 Å². The van der Waals surface area contributed by atoms with Gasteiger partial charge in [-0.2, -0.15) is 0 Å². The molecular weight excluding hydrogens is 308 g/mol. The van der Waals surface area contributed by atoms with Crippen LogP contribution in [0.15, 0.2) is 24.4 Å². The van der Waals surface area contributed by atoms with Gasteiger partial charge in [0.05, 0.1) is 0 Å². The number of hydrazine groups is 1.